The Morgan fingerprint density at radius 2 is 1.94 bits per heavy atom. The molecule has 34 heavy (non-hydrogen) atoms. The molecule has 4 aromatic rings. The maximum absolute atomic E-state index is 13.5. The van der Waals surface area contributed by atoms with Gasteiger partial charge in [-0.15, -0.1) is 11.3 Å². The van der Waals surface area contributed by atoms with Crippen molar-refractivity contribution < 1.29 is 13.2 Å². The van der Waals surface area contributed by atoms with Crippen LogP contribution < -0.4 is 10.0 Å². The molecule has 4 rings (SSSR count). The van der Waals surface area contributed by atoms with E-state index in [4.69, 9.17) is 4.98 Å². The van der Waals surface area contributed by atoms with Crippen LogP contribution in [0.2, 0.25) is 0 Å². The Balaban J connectivity index is 1.73. The molecule has 0 unspecified atom stereocenters. The number of rotatable bonds is 8. The van der Waals surface area contributed by atoms with E-state index >= 15 is 0 Å². The smallest absolute Gasteiger partial charge is 0.256 e. The summed E-state index contributed by atoms with van der Waals surface area (Å²) in [5.74, 6) is -0.284. The number of carbonyl (C=O) groups excluding carboxylic acids is 1. The van der Waals surface area contributed by atoms with Gasteiger partial charge in [-0.05, 0) is 62.4 Å². The Morgan fingerprint density at radius 3 is 2.62 bits per heavy atom. The van der Waals surface area contributed by atoms with Crippen molar-refractivity contribution in [3.63, 3.8) is 0 Å². The molecule has 0 aliphatic rings. The van der Waals surface area contributed by atoms with E-state index in [0.717, 1.165) is 4.88 Å². The summed E-state index contributed by atoms with van der Waals surface area (Å²) in [4.78, 5) is 19.2. The molecule has 0 atom stereocenters. The maximum atomic E-state index is 13.5. The molecule has 0 aliphatic carbocycles. The van der Waals surface area contributed by atoms with Crippen molar-refractivity contribution in [2.75, 3.05) is 15.8 Å². The number of pyridine rings is 1. The zero-order valence-electron chi connectivity index (χ0n) is 19.5. The molecule has 2 N–H and O–H groups in total. The lowest BCUT2D eigenvalue weighted by atomic mass is 10.1. The molecule has 0 bridgehead atoms. The summed E-state index contributed by atoms with van der Waals surface area (Å²) < 4.78 is 28.9. The van der Waals surface area contributed by atoms with Gasteiger partial charge in [0.25, 0.3) is 5.91 Å². The molecule has 1 aromatic carbocycles. The number of thiophene rings is 1. The van der Waals surface area contributed by atoms with Crippen LogP contribution >= 0.6 is 11.3 Å². The first kappa shape index (κ1) is 23.9. The number of nitrogens with one attached hydrogen (secondary N) is 2. The summed E-state index contributed by atoms with van der Waals surface area (Å²) in [6.07, 6.45) is 2.18. The normalized spacial score (nSPS) is 11.8. The van der Waals surface area contributed by atoms with Crippen molar-refractivity contribution in [2.45, 2.75) is 40.2 Å². The van der Waals surface area contributed by atoms with Crippen LogP contribution in [-0.4, -0.2) is 34.8 Å². The fourth-order valence-electron chi connectivity index (χ4n) is 3.69. The van der Waals surface area contributed by atoms with Crippen molar-refractivity contribution in [3.8, 4) is 10.6 Å². The molecule has 0 spiro atoms. The van der Waals surface area contributed by atoms with Crippen LogP contribution in [0.25, 0.3) is 21.6 Å². The van der Waals surface area contributed by atoms with Crippen molar-refractivity contribution in [1.82, 2.24) is 14.8 Å². The highest BCUT2D eigenvalue weighted by Gasteiger charge is 2.20. The number of benzene rings is 1. The second-order valence-corrected chi connectivity index (χ2v) is 11.1. The molecule has 0 aliphatic heterocycles. The summed E-state index contributed by atoms with van der Waals surface area (Å²) >= 11 is 1.55. The predicted molar refractivity (Wildman–Crippen MR) is 138 cm³/mol. The van der Waals surface area contributed by atoms with Crippen LogP contribution in [0.1, 0.15) is 49.2 Å². The Kier molecular flexibility index (Phi) is 6.72. The second-order valence-electron chi connectivity index (χ2n) is 8.31. The fraction of sp³-hybridized carbons (Fsp3) is 0.292. The molecule has 178 valence electrons. The van der Waals surface area contributed by atoms with Gasteiger partial charge in [0.1, 0.15) is 0 Å². The average Bonchev–Trinajstić information content (AvgIpc) is 3.45. The van der Waals surface area contributed by atoms with E-state index in [1.165, 1.54) is 0 Å². The highest BCUT2D eigenvalue weighted by atomic mass is 32.2. The van der Waals surface area contributed by atoms with Crippen molar-refractivity contribution >= 4 is 49.7 Å². The molecule has 0 fully saturated rings. The first-order valence-corrected chi connectivity index (χ1v) is 13.6. The number of carbonyl (C=O) groups is 1. The molecule has 3 aromatic heterocycles. The predicted octanol–water partition coefficient (Wildman–Crippen LogP) is 5.45. The summed E-state index contributed by atoms with van der Waals surface area (Å²) in [6.45, 7) is 7.61. The topological polar surface area (TPSA) is 106 Å². The number of anilines is 2. The number of hydrogen-bond donors (Lipinski definition) is 2. The van der Waals surface area contributed by atoms with Gasteiger partial charge in [0.2, 0.25) is 10.0 Å². The van der Waals surface area contributed by atoms with E-state index in [1.807, 2.05) is 38.3 Å². The zero-order chi connectivity index (χ0) is 24.5. The first-order valence-electron chi connectivity index (χ1n) is 11.0. The summed E-state index contributed by atoms with van der Waals surface area (Å²) in [7, 11) is -3.45. The van der Waals surface area contributed by atoms with Crippen molar-refractivity contribution in [1.29, 1.82) is 0 Å². The van der Waals surface area contributed by atoms with Crippen LogP contribution in [0.5, 0.6) is 0 Å². The Bertz CT molecular complexity index is 1440. The van der Waals surface area contributed by atoms with Crippen LogP contribution in [-0.2, 0) is 10.0 Å². The van der Waals surface area contributed by atoms with Crippen molar-refractivity contribution in [3.05, 3.63) is 59.1 Å². The van der Waals surface area contributed by atoms with Crippen LogP contribution in [0.3, 0.4) is 0 Å². The largest absolute Gasteiger partial charge is 0.322 e. The van der Waals surface area contributed by atoms with E-state index in [-0.39, 0.29) is 17.7 Å². The van der Waals surface area contributed by atoms with E-state index in [1.54, 1.807) is 53.4 Å². The van der Waals surface area contributed by atoms with Gasteiger partial charge in [-0.1, -0.05) is 19.1 Å². The minimum Gasteiger partial charge on any atom is -0.322 e. The standard InChI is InChI=1S/C24H27N5O3S2/c1-5-12-34(31,32)28-20-9-6-8-19(16(20)4)27-24(30)17-13-21(22-10-7-11-33-22)26-23-18(17)14-25-29(23)15(2)3/h6-11,13-15,28H,5,12H2,1-4H3,(H,27,30). The Morgan fingerprint density at radius 1 is 1.18 bits per heavy atom. The Labute approximate surface area is 203 Å². The molecule has 0 saturated heterocycles. The van der Waals surface area contributed by atoms with Gasteiger partial charge in [0.05, 0.1) is 39.2 Å². The molecular formula is C24H27N5O3S2. The van der Waals surface area contributed by atoms with Gasteiger partial charge >= 0.3 is 0 Å². The number of hydrogen-bond acceptors (Lipinski definition) is 6. The van der Waals surface area contributed by atoms with Gasteiger partial charge in [-0.3, -0.25) is 9.52 Å². The molecule has 0 saturated carbocycles. The molecule has 10 heteroatoms. The lowest BCUT2D eigenvalue weighted by molar-refractivity contribution is 0.102. The van der Waals surface area contributed by atoms with Gasteiger partial charge in [-0.2, -0.15) is 5.10 Å². The highest BCUT2D eigenvalue weighted by molar-refractivity contribution is 7.92. The molecule has 8 nitrogen and oxygen atoms in total. The summed E-state index contributed by atoms with van der Waals surface area (Å²) in [5, 5.41) is 10.0. The Hall–Kier alpha value is -3.24. The number of amides is 1. The van der Waals surface area contributed by atoms with Gasteiger partial charge in [0, 0.05) is 11.7 Å². The minimum atomic E-state index is -3.45. The molecule has 1 amide bonds. The van der Waals surface area contributed by atoms with Gasteiger partial charge < -0.3 is 5.32 Å². The van der Waals surface area contributed by atoms with Gasteiger partial charge in [0.15, 0.2) is 5.65 Å². The van der Waals surface area contributed by atoms with Crippen LogP contribution in [0.15, 0.2) is 48.0 Å². The highest BCUT2D eigenvalue weighted by Crippen LogP contribution is 2.30. The lowest BCUT2D eigenvalue weighted by Crippen LogP contribution is -2.18. The fourth-order valence-corrected chi connectivity index (χ4v) is 5.57. The monoisotopic (exact) mass is 497 g/mol. The third-order valence-corrected chi connectivity index (χ3v) is 7.76. The quantitative estimate of drug-likeness (QED) is 0.337. The number of nitrogens with zero attached hydrogens (tertiary/aromatic N) is 3. The SMILES string of the molecule is CCCS(=O)(=O)Nc1cccc(NC(=O)c2cc(-c3cccs3)nc3c2cnn3C(C)C)c1C. The van der Waals surface area contributed by atoms with Gasteiger partial charge in [-0.25, -0.2) is 18.1 Å². The molecule has 3 heterocycles. The van der Waals surface area contributed by atoms with Crippen molar-refractivity contribution in [2.24, 2.45) is 0 Å². The maximum Gasteiger partial charge on any atom is 0.256 e. The lowest BCUT2D eigenvalue weighted by Gasteiger charge is -2.15. The summed E-state index contributed by atoms with van der Waals surface area (Å²) in [5.41, 5.74) is 3.41. The number of fused-ring (bicyclic) bond motifs is 1. The number of aromatic nitrogens is 3. The van der Waals surface area contributed by atoms with Crippen LogP contribution in [0, 0.1) is 6.92 Å². The molecular weight excluding hydrogens is 470 g/mol. The van der Waals surface area contributed by atoms with E-state index < -0.39 is 10.0 Å². The average molecular weight is 498 g/mol. The zero-order valence-corrected chi connectivity index (χ0v) is 21.1. The van der Waals surface area contributed by atoms with E-state index in [2.05, 4.69) is 15.1 Å². The first-order chi connectivity index (χ1) is 16.2. The third-order valence-electron chi connectivity index (χ3n) is 5.39. The summed E-state index contributed by atoms with van der Waals surface area (Å²) in [6, 6.07) is 10.9. The minimum absolute atomic E-state index is 0.0311. The van der Waals surface area contributed by atoms with E-state index in [9.17, 15) is 13.2 Å². The second kappa shape index (κ2) is 9.55. The number of sulfonamides is 1. The van der Waals surface area contributed by atoms with E-state index in [0.29, 0.717) is 45.6 Å². The third kappa shape index (κ3) is 4.83. The van der Waals surface area contributed by atoms with Crippen LogP contribution in [0.4, 0.5) is 11.4 Å². The molecule has 0 radical (unpaired) electrons.